The molecule has 21 heavy (non-hydrogen) atoms. The van der Waals surface area contributed by atoms with Crippen molar-refractivity contribution in [2.45, 2.75) is 19.8 Å². The van der Waals surface area contributed by atoms with Crippen molar-refractivity contribution in [2.75, 3.05) is 13.7 Å². The van der Waals surface area contributed by atoms with Crippen LogP contribution < -0.4 is 9.47 Å². The van der Waals surface area contributed by atoms with Gasteiger partial charge in [0.1, 0.15) is 11.5 Å². The van der Waals surface area contributed by atoms with E-state index in [9.17, 15) is 0 Å². The van der Waals surface area contributed by atoms with Gasteiger partial charge in [-0.25, -0.2) is 0 Å². The van der Waals surface area contributed by atoms with Crippen LogP contribution in [0.5, 0.6) is 11.5 Å². The quantitative estimate of drug-likeness (QED) is 0.473. The Bertz CT molecular complexity index is 762. The number of benzene rings is 3. The first-order chi connectivity index (χ1) is 10.3. The molecule has 0 saturated carbocycles. The van der Waals surface area contributed by atoms with Crippen molar-refractivity contribution < 1.29 is 9.47 Å². The lowest BCUT2D eigenvalue weighted by atomic mass is 10.0. The van der Waals surface area contributed by atoms with Gasteiger partial charge in [0, 0.05) is 10.8 Å². The highest BCUT2D eigenvalue weighted by molar-refractivity contribution is 6.05. The van der Waals surface area contributed by atoms with E-state index in [1.165, 1.54) is 10.8 Å². The first-order valence-electron chi connectivity index (χ1n) is 7.46. The molecule has 0 fully saturated rings. The van der Waals surface area contributed by atoms with E-state index in [0.29, 0.717) is 0 Å². The zero-order chi connectivity index (χ0) is 14.7. The molecule has 0 N–H and O–H groups in total. The molecule has 108 valence electrons. The molecule has 0 amide bonds. The molecule has 2 nitrogen and oxygen atoms in total. The van der Waals surface area contributed by atoms with Crippen LogP contribution in [0.25, 0.3) is 21.5 Å². The van der Waals surface area contributed by atoms with Gasteiger partial charge >= 0.3 is 0 Å². The normalized spacial score (nSPS) is 11.0. The largest absolute Gasteiger partial charge is 0.497 e. The molecule has 0 aliphatic rings. The van der Waals surface area contributed by atoms with Gasteiger partial charge in [-0.2, -0.15) is 0 Å². The van der Waals surface area contributed by atoms with Crippen LogP contribution in [0.1, 0.15) is 19.8 Å². The fraction of sp³-hybridized carbons (Fsp3) is 0.263. The Morgan fingerprint density at radius 2 is 1.71 bits per heavy atom. The summed E-state index contributed by atoms with van der Waals surface area (Å²) in [6, 6.07) is 16.7. The van der Waals surface area contributed by atoms with Gasteiger partial charge in [0.2, 0.25) is 0 Å². The maximum absolute atomic E-state index is 6.11. The van der Waals surface area contributed by atoms with Crippen molar-refractivity contribution in [3.05, 3.63) is 48.5 Å². The van der Waals surface area contributed by atoms with Crippen molar-refractivity contribution >= 4 is 21.5 Å². The second-order valence-electron chi connectivity index (χ2n) is 5.22. The highest BCUT2D eigenvalue weighted by Crippen LogP contribution is 2.36. The van der Waals surface area contributed by atoms with Gasteiger partial charge in [-0.05, 0) is 41.5 Å². The van der Waals surface area contributed by atoms with Crippen LogP contribution in [0.4, 0.5) is 0 Å². The minimum atomic E-state index is 0.756. The lowest BCUT2D eigenvalue weighted by Gasteiger charge is -2.13. The summed E-state index contributed by atoms with van der Waals surface area (Å²) in [5.74, 6) is 1.86. The van der Waals surface area contributed by atoms with E-state index in [2.05, 4.69) is 49.4 Å². The van der Waals surface area contributed by atoms with Gasteiger partial charge in [0.25, 0.3) is 0 Å². The second kappa shape index (κ2) is 6.04. The van der Waals surface area contributed by atoms with E-state index in [1.807, 2.05) is 6.07 Å². The van der Waals surface area contributed by atoms with Crippen LogP contribution in [0.3, 0.4) is 0 Å². The summed E-state index contributed by atoms with van der Waals surface area (Å²) in [6.07, 6.45) is 2.21. The maximum Gasteiger partial charge on any atom is 0.134 e. The van der Waals surface area contributed by atoms with E-state index < -0.39 is 0 Å². The zero-order valence-electron chi connectivity index (χ0n) is 12.6. The summed E-state index contributed by atoms with van der Waals surface area (Å²) >= 11 is 0. The average molecular weight is 280 g/mol. The Morgan fingerprint density at radius 3 is 2.52 bits per heavy atom. The van der Waals surface area contributed by atoms with Crippen LogP contribution in [-0.2, 0) is 0 Å². The molecule has 3 aromatic rings. The molecule has 0 heterocycles. The maximum atomic E-state index is 6.11. The van der Waals surface area contributed by atoms with Crippen LogP contribution >= 0.6 is 0 Å². The van der Waals surface area contributed by atoms with Crippen LogP contribution in [0, 0.1) is 0 Å². The van der Waals surface area contributed by atoms with Gasteiger partial charge < -0.3 is 9.47 Å². The third-order valence-corrected chi connectivity index (χ3v) is 3.76. The standard InChI is InChI=1S/C19H20O2/c1-3-4-11-21-19-17-8-6-5-7-14(17)12-15-13-16(20-2)9-10-18(15)19/h5-10,12-13H,3-4,11H2,1-2H3. The number of fused-ring (bicyclic) bond motifs is 2. The Hall–Kier alpha value is -2.22. The van der Waals surface area contributed by atoms with E-state index in [0.717, 1.165) is 41.7 Å². The molecule has 0 bridgehead atoms. The van der Waals surface area contributed by atoms with Crippen molar-refractivity contribution in [3.8, 4) is 11.5 Å². The predicted molar refractivity (Wildman–Crippen MR) is 88.4 cm³/mol. The zero-order valence-corrected chi connectivity index (χ0v) is 12.6. The predicted octanol–water partition coefficient (Wildman–Crippen LogP) is 5.18. The lowest BCUT2D eigenvalue weighted by Crippen LogP contribution is -1.98. The molecule has 0 aliphatic carbocycles. The number of unbranched alkanes of at least 4 members (excludes halogenated alkanes) is 1. The molecule has 0 radical (unpaired) electrons. The van der Waals surface area contributed by atoms with E-state index in [1.54, 1.807) is 7.11 Å². The molecule has 3 aromatic carbocycles. The van der Waals surface area contributed by atoms with Gasteiger partial charge in [-0.15, -0.1) is 0 Å². The third kappa shape index (κ3) is 2.66. The van der Waals surface area contributed by atoms with Gasteiger partial charge in [-0.3, -0.25) is 0 Å². The monoisotopic (exact) mass is 280 g/mol. The third-order valence-electron chi connectivity index (χ3n) is 3.76. The summed E-state index contributed by atoms with van der Waals surface area (Å²) < 4.78 is 11.4. The Kier molecular flexibility index (Phi) is 3.96. The molecular weight excluding hydrogens is 260 g/mol. The van der Waals surface area contributed by atoms with Crippen LogP contribution in [0.15, 0.2) is 48.5 Å². The van der Waals surface area contributed by atoms with Crippen molar-refractivity contribution in [3.63, 3.8) is 0 Å². The van der Waals surface area contributed by atoms with E-state index in [-0.39, 0.29) is 0 Å². The average Bonchev–Trinajstić information content (AvgIpc) is 2.53. The molecule has 2 heteroatoms. The van der Waals surface area contributed by atoms with Gasteiger partial charge in [-0.1, -0.05) is 37.6 Å². The summed E-state index contributed by atoms with van der Waals surface area (Å²) in [4.78, 5) is 0. The number of hydrogen-bond acceptors (Lipinski definition) is 2. The highest BCUT2D eigenvalue weighted by atomic mass is 16.5. The molecule has 3 rings (SSSR count). The van der Waals surface area contributed by atoms with Crippen molar-refractivity contribution in [1.29, 1.82) is 0 Å². The Morgan fingerprint density at radius 1 is 0.905 bits per heavy atom. The fourth-order valence-corrected chi connectivity index (χ4v) is 2.61. The highest BCUT2D eigenvalue weighted by Gasteiger charge is 2.09. The molecule has 0 saturated heterocycles. The molecule has 0 spiro atoms. The van der Waals surface area contributed by atoms with E-state index in [4.69, 9.17) is 9.47 Å². The van der Waals surface area contributed by atoms with Gasteiger partial charge in [0.15, 0.2) is 0 Å². The first kappa shape index (κ1) is 13.7. The topological polar surface area (TPSA) is 18.5 Å². The number of methoxy groups -OCH3 is 1. The van der Waals surface area contributed by atoms with Crippen LogP contribution in [0.2, 0.25) is 0 Å². The van der Waals surface area contributed by atoms with Gasteiger partial charge in [0.05, 0.1) is 13.7 Å². The first-order valence-corrected chi connectivity index (χ1v) is 7.46. The summed E-state index contributed by atoms with van der Waals surface area (Å²) in [7, 11) is 1.70. The smallest absolute Gasteiger partial charge is 0.134 e. The van der Waals surface area contributed by atoms with Crippen LogP contribution in [-0.4, -0.2) is 13.7 Å². The summed E-state index contributed by atoms with van der Waals surface area (Å²) in [5, 5.41) is 4.67. The Balaban J connectivity index is 2.20. The lowest BCUT2D eigenvalue weighted by molar-refractivity contribution is 0.316. The molecule has 0 atom stereocenters. The molecule has 0 aliphatic heterocycles. The number of rotatable bonds is 5. The number of ether oxygens (including phenoxy) is 2. The SMILES string of the molecule is CCCCOc1c2ccccc2cc2cc(OC)ccc12. The second-order valence-corrected chi connectivity index (χ2v) is 5.22. The number of hydrogen-bond donors (Lipinski definition) is 0. The van der Waals surface area contributed by atoms with Crippen molar-refractivity contribution in [2.24, 2.45) is 0 Å². The summed E-state index contributed by atoms with van der Waals surface area (Å²) in [5.41, 5.74) is 0. The van der Waals surface area contributed by atoms with E-state index >= 15 is 0 Å². The minimum absolute atomic E-state index is 0.756. The molecule has 0 unspecified atom stereocenters. The summed E-state index contributed by atoms with van der Waals surface area (Å²) in [6.45, 7) is 2.93. The molecular formula is C19H20O2. The molecule has 0 aromatic heterocycles. The van der Waals surface area contributed by atoms with Crippen molar-refractivity contribution in [1.82, 2.24) is 0 Å². The fourth-order valence-electron chi connectivity index (χ4n) is 2.61. The minimum Gasteiger partial charge on any atom is -0.497 e. The Labute approximate surface area is 125 Å².